The van der Waals surface area contributed by atoms with Crippen molar-refractivity contribution >= 4 is 32.5 Å². The number of aliphatic hydroxyl groups excluding tert-OH is 2. The first-order valence-electron chi connectivity index (χ1n) is 12.8. The van der Waals surface area contributed by atoms with Crippen LogP contribution in [0.4, 0.5) is 8.78 Å². The Morgan fingerprint density at radius 1 is 1.18 bits per heavy atom. The Balaban J connectivity index is 1.42. The van der Waals surface area contributed by atoms with E-state index in [9.17, 15) is 24.3 Å². The minimum Gasteiger partial charge on any atom is -0.371 e. The summed E-state index contributed by atoms with van der Waals surface area (Å²) >= 11 is 1.40. The minimum absolute atomic E-state index is 0.0854. The van der Waals surface area contributed by atoms with Gasteiger partial charge in [0.25, 0.3) is 0 Å². The summed E-state index contributed by atoms with van der Waals surface area (Å²) in [7, 11) is 1.53. The second-order valence-electron chi connectivity index (χ2n) is 10.3. The van der Waals surface area contributed by atoms with Crippen LogP contribution in [-0.4, -0.2) is 62.3 Å². The monoisotopic (exact) mass is 550 g/mol. The number of aromatic nitrogens is 2. The third-order valence-corrected chi connectivity index (χ3v) is 8.88. The lowest BCUT2D eigenvalue weighted by Gasteiger charge is -2.39. The smallest absolute Gasteiger partial charge is 0.188 e. The number of pyridine rings is 1. The van der Waals surface area contributed by atoms with Gasteiger partial charge in [0.05, 0.1) is 27.2 Å². The number of aliphatic hydroxyl groups is 2. The summed E-state index contributed by atoms with van der Waals surface area (Å²) in [5.74, 6) is -1.12. The summed E-state index contributed by atoms with van der Waals surface area (Å²) in [6, 6.07) is 11.1. The molecular formula is C28H28F2N6O2S. The van der Waals surface area contributed by atoms with Crippen molar-refractivity contribution in [1.82, 2.24) is 24.7 Å². The molecule has 1 saturated heterocycles. The summed E-state index contributed by atoms with van der Waals surface area (Å²) < 4.78 is 32.0. The van der Waals surface area contributed by atoms with Gasteiger partial charge < -0.3 is 25.0 Å². The van der Waals surface area contributed by atoms with Crippen LogP contribution in [-0.2, 0) is 13.1 Å². The van der Waals surface area contributed by atoms with Gasteiger partial charge in [-0.15, -0.1) is 11.3 Å². The summed E-state index contributed by atoms with van der Waals surface area (Å²) in [5.41, 5.74) is 2.52. The highest BCUT2D eigenvalue weighted by molar-refractivity contribution is 7.19. The number of piperidine rings is 1. The topological polar surface area (TPSA) is 101 Å². The zero-order chi connectivity index (χ0) is 27.3. The molecule has 1 aromatic carbocycles. The number of nitrogens with one attached hydrogen (secondary N) is 1. The van der Waals surface area contributed by atoms with E-state index in [2.05, 4.69) is 20.9 Å². The second kappa shape index (κ2) is 9.97. The highest BCUT2D eigenvalue weighted by Crippen LogP contribution is 2.40. The molecule has 0 bridgehead atoms. The van der Waals surface area contributed by atoms with Gasteiger partial charge in [-0.25, -0.2) is 13.7 Å². The maximum atomic E-state index is 14.9. The van der Waals surface area contributed by atoms with Crippen LogP contribution in [0.25, 0.3) is 32.2 Å². The number of halogens is 2. The molecule has 2 aliphatic heterocycles. The molecular weight excluding hydrogens is 522 g/mol. The second-order valence-corrected chi connectivity index (χ2v) is 11.5. The van der Waals surface area contributed by atoms with Crippen LogP contribution in [0.5, 0.6) is 0 Å². The number of nitrogens with zero attached hydrogens (tertiary/aromatic N) is 5. The fraction of sp³-hybridized carbons (Fsp3) is 0.357. The van der Waals surface area contributed by atoms with E-state index in [4.69, 9.17) is 0 Å². The maximum absolute atomic E-state index is 14.9. The van der Waals surface area contributed by atoms with E-state index in [0.29, 0.717) is 17.6 Å². The van der Waals surface area contributed by atoms with Crippen LogP contribution in [0.1, 0.15) is 17.7 Å². The molecule has 4 aromatic rings. The van der Waals surface area contributed by atoms with E-state index < -0.39 is 23.8 Å². The Morgan fingerprint density at radius 2 is 1.97 bits per heavy atom. The molecule has 2 atom stereocenters. The van der Waals surface area contributed by atoms with E-state index in [1.807, 2.05) is 24.4 Å². The normalized spacial score (nSPS) is 21.8. The quantitative estimate of drug-likeness (QED) is 0.344. The zero-order valence-electron chi connectivity index (χ0n) is 21.3. The lowest BCUT2D eigenvalue weighted by atomic mass is 9.80. The van der Waals surface area contributed by atoms with Crippen molar-refractivity contribution in [3.63, 3.8) is 0 Å². The van der Waals surface area contributed by atoms with Gasteiger partial charge in [0, 0.05) is 60.1 Å². The SMILES string of the molecule is CN1C=C(F)C(O)N(Cc2cc3nccc(-c4cc(F)cc5ccn(CC6(C#N)CCNCC6)c45)c3s2)C1O. The number of nitriles is 1. The van der Waals surface area contributed by atoms with Crippen LogP contribution < -0.4 is 5.32 Å². The zero-order valence-corrected chi connectivity index (χ0v) is 22.1. The van der Waals surface area contributed by atoms with Crippen molar-refractivity contribution in [3.8, 4) is 17.2 Å². The molecule has 0 spiro atoms. The van der Waals surface area contributed by atoms with Gasteiger partial charge >= 0.3 is 0 Å². The van der Waals surface area contributed by atoms with Gasteiger partial charge in [0.1, 0.15) is 5.82 Å². The molecule has 0 amide bonds. The van der Waals surface area contributed by atoms with Crippen molar-refractivity contribution in [3.05, 3.63) is 65.4 Å². The van der Waals surface area contributed by atoms with Gasteiger partial charge in [-0.2, -0.15) is 5.26 Å². The molecule has 2 aliphatic rings. The molecule has 3 aromatic heterocycles. The summed E-state index contributed by atoms with van der Waals surface area (Å²) in [4.78, 5) is 7.78. The van der Waals surface area contributed by atoms with E-state index in [-0.39, 0.29) is 12.4 Å². The first-order chi connectivity index (χ1) is 18.8. The predicted octanol–water partition coefficient (Wildman–Crippen LogP) is 4.10. The molecule has 1 fully saturated rings. The summed E-state index contributed by atoms with van der Waals surface area (Å²) in [6.07, 6.45) is 3.38. The number of benzene rings is 1. The number of hydrogen-bond donors (Lipinski definition) is 3. The molecule has 11 heteroatoms. The highest BCUT2D eigenvalue weighted by Gasteiger charge is 2.35. The number of thiophene rings is 1. The standard InChI is InChI=1S/C28H28F2N6O2S/c1-34-14-22(30)26(37)36(27(34)38)13-19-12-23-25(39-19)20(2-6-33-23)21-11-18(29)10-17-3-9-35(24(17)21)16-28(15-31)4-7-32-8-5-28/h2-3,6,9-12,14,26-27,32,37-38H,4-5,7-8,13,16H2,1H3. The molecule has 0 saturated carbocycles. The average Bonchev–Trinajstić information content (AvgIpc) is 3.53. The summed E-state index contributed by atoms with van der Waals surface area (Å²) in [6.45, 7) is 2.16. The van der Waals surface area contributed by atoms with Gasteiger partial charge in [-0.1, -0.05) is 0 Å². The molecule has 3 N–H and O–H groups in total. The van der Waals surface area contributed by atoms with Crippen LogP contribution >= 0.6 is 11.3 Å². The number of hydrogen-bond acceptors (Lipinski definition) is 8. The molecule has 0 aliphatic carbocycles. The Bertz CT molecular complexity index is 1620. The predicted molar refractivity (Wildman–Crippen MR) is 145 cm³/mol. The first-order valence-corrected chi connectivity index (χ1v) is 13.6. The fourth-order valence-electron chi connectivity index (χ4n) is 5.66. The van der Waals surface area contributed by atoms with Crippen molar-refractivity contribution < 1.29 is 19.0 Å². The fourth-order valence-corrected chi connectivity index (χ4v) is 6.81. The molecule has 6 rings (SSSR count). The Kier molecular flexibility index (Phi) is 6.61. The third kappa shape index (κ3) is 4.58. The van der Waals surface area contributed by atoms with Crippen LogP contribution in [0, 0.1) is 22.6 Å². The Labute approximate surface area is 228 Å². The van der Waals surface area contributed by atoms with Crippen LogP contribution in [0.2, 0.25) is 0 Å². The highest BCUT2D eigenvalue weighted by atomic mass is 32.1. The lowest BCUT2D eigenvalue weighted by molar-refractivity contribution is -0.164. The van der Waals surface area contributed by atoms with E-state index >= 15 is 0 Å². The average molecular weight is 551 g/mol. The van der Waals surface area contributed by atoms with Crippen molar-refractivity contribution in [2.75, 3.05) is 20.1 Å². The van der Waals surface area contributed by atoms with E-state index in [1.165, 1.54) is 40.3 Å². The molecule has 202 valence electrons. The Morgan fingerprint density at radius 3 is 2.74 bits per heavy atom. The molecule has 8 nitrogen and oxygen atoms in total. The molecule has 39 heavy (non-hydrogen) atoms. The summed E-state index contributed by atoms with van der Waals surface area (Å²) in [5, 5.41) is 35.0. The van der Waals surface area contributed by atoms with Gasteiger partial charge in [0.2, 0.25) is 0 Å². The van der Waals surface area contributed by atoms with Crippen molar-refractivity contribution in [1.29, 1.82) is 5.26 Å². The Hall–Kier alpha value is -3.40. The van der Waals surface area contributed by atoms with Crippen molar-refractivity contribution in [2.24, 2.45) is 5.41 Å². The lowest BCUT2D eigenvalue weighted by Crippen LogP contribution is -2.52. The van der Waals surface area contributed by atoms with Crippen molar-refractivity contribution in [2.45, 2.75) is 38.5 Å². The van der Waals surface area contributed by atoms with Gasteiger partial charge in [-0.05, 0) is 56.3 Å². The van der Waals surface area contributed by atoms with Crippen LogP contribution in [0.15, 0.2) is 54.8 Å². The molecule has 0 radical (unpaired) electrons. The molecule has 2 unspecified atom stereocenters. The third-order valence-electron chi connectivity index (χ3n) is 7.74. The molecule has 5 heterocycles. The minimum atomic E-state index is -1.57. The largest absolute Gasteiger partial charge is 0.371 e. The van der Waals surface area contributed by atoms with E-state index in [1.54, 1.807) is 6.20 Å². The number of fused-ring (bicyclic) bond motifs is 2. The van der Waals surface area contributed by atoms with E-state index in [0.717, 1.165) is 58.2 Å². The first kappa shape index (κ1) is 25.9. The van der Waals surface area contributed by atoms with Crippen LogP contribution in [0.3, 0.4) is 0 Å². The van der Waals surface area contributed by atoms with Gasteiger partial charge in [-0.3, -0.25) is 4.98 Å². The number of rotatable bonds is 5. The van der Waals surface area contributed by atoms with Gasteiger partial charge in [0.15, 0.2) is 18.4 Å². The maximum Gasteiger partial charge on any atom is 0.188 e.